The Morgan fingerprint density at radius 1 is 1.56 bits per heavy atom. The second-order valence-corrected chi connectivity index (χ2v) is 4.71. The van der Waals surface area contributed by atoms with Gasteiger partial charge in [-0.1, -0.05) is 12.1 Å². The molecule has 0 aliphatic heterocycles. The summed E-state index contributed by atoms with van der Waals surface area (Å²) in [5.41, 5.74) is 6.43. The summed E-state index contributed by atoms with van der Waals surface area (Å²) in [5.74, 6) is -0.647. The molecule has 0 fully saturated rings. The number of carbonyl (C=O) groups excluding carboxylic acids is 1. The number of nitrogens with two attached hydrogens (primary N) is 1. The van der Waals surface area contributed by atoms with Crippen molar-refractivity contribution < 1.29 is 9.18 Å². The summed E-state index contributed by atoms with van der Waals surface area (Å²) in [4.78, 5) is 15.7. The Labute approximate surface area is 108 Å². The zero-order valence-corrected chi connectivity index (χ0v) is 10.5. The van der Waals surface area contributed by atoms with Crippen LogP contribution in [-0.4, -0.2) is 10.9 Å². The van der Waals surface area contributed by atoms with E-state index in [1.54, 1.807) is 24.4 Å². The summed E-state index contributed by atoms with van der Waals surface area (Å²) in [6.45, 7) is 1.78. The number of amides is 1. The number of benzene rings is 1. The van der Waals surface area contributed by atoms with Crippen molar-refractivity contribution >= 4 is 22.4 Å². The van der Waals surface area contributed by atoms with Gasteiger partial charge in [-0.3, -0.25) is 4.79 Å². The summed E-state index contributed by atoms with van der Waals surface area (Å²) in [6.07, 6.45) is 0. The van der Waals surface area contributed by atoms with E-state index in [2.05, 4.69) is 10.3 Å². The van der Waals surface area contributed by atoms with Crippen molar-refractivity contribution in [1.29, 1.82) is 0 Å². The van der Waals surface area contributed by atoms with Gasteiger partial charge in [0, 0.05) is 5.38 Å². The molecule has 0 saturated carbocycles. The number of nitrogens with zero attached hydrogens (tertiary/aromatic N) is 1. The predicted molar refractivity (Wildman–Crippen MR) is 68.8 cm³/mol. The van der Waals surface area contributed by atoms with Gasteiger partial charge in [0.25, 0.3) is 5.91 Å². The number of hydrogen-bond donors (Lipinski definition) is 2. The maximum absolute atomic E-state index is 13.1. The number of halogens is 1. The zero-order valence-electron chi connectivity index (χ0n) is 9.68. The first-order valence-electron chi connectivity index (χ1n) is 5.33. The van der Waals surface area contributed by atoms with Crippen LogP contribution in [0.3, 0.4) is 0 Å². The SMILES string of the molecule is C[C@H](NC(=O)c1csc(N)n1)c1cccc(F)c1. The van der Waals surface area contributed by atoms with Crippen molar-refractivity contribution in [2.24, 2.45) is 0 Å². The van der Waals surface area contributed by atoms with Crippen LogP contribution in [-0.2, 0) is 0 Å². The highest BCUT2D eigenvalue weighted by atomic mass is 32.1. The van der Waals surface area contributed by atoms with Gasteiger partial charge in [0.05, 0.1) is 6.04 Å². The van der Waals surface area contributed by atoms with E-state index in [-0.39, 0.29) is 23.5 Å². The number of hydrogen-bond acceptors (Lipinski definition) is 4. The summed E-state index contributed by atoms with van der Waals surface area (Å²) >= 11 is 1.20. The molecule has 4 nitrogen and oxygen atoms in total. The van der Waals surface area contributed by atoms with Gasteiger partial charge < -0.3 is 11.1 Å². The highest BCUT2D eigenvalue weighted by molar-refractivity contribution is 7.13. The monoisotopic (exact) mass is 265 g/mol. The Morgan fingerprint density at radius 2 is 2.33 bits per heavy atom. The van der Waals surface area contributed by atoms with Gasteiger partial charge in [0.1, 0.15) is 11.5 Å². The van der Waals surface area contributed by atoms with Crippen molar-refractivity contribution in [3.05, 3.63) is 46.7 Å². The van der Waals surface area contributed by atoms with Gasteiger partial charge in [0.15, 0.2) is 5.13 Å². The first-order chi connectivity index (χ1) is 8.56. The molecule has 0 spiro atoms. The van der Waals surface area contributed by atoms with Gasteiger partial charge in [-0.05, 0) is 24.6 Å². The van der Waals surface area contributed by atoms with E-state index in [4.69, 9.17) is 5.73 Å². The average molecular weight is 265 g/mol. The van der Waals surface area contributed by atoms with Crippen molar-refractivity contribution in [2.75, 3.05) is 5.73 Å². The molecule has 0 aliphatic carbocycles. The number of nitrogen functional groups attached to an aromatic ring is 1. The van der Waals surface area contributed by atoms with E-state index in [9.17, 15) is 9.18 Å². The molecule has 2 rings (SSSR count). The molecule has 3 N–H and O–H groups in total. The lowest BCUT2D eigenvalue weighted by atomic mass is 10.1. The number of nitrogens with one attached hydrogen (secondary N) is 1. The summed E-state index contributed by atoms with van der Waals surface area (Å²) in [5, 5.41) is 4.67. The molecular formula is C12H12FN3OS. The fourth-order valence-corrected chi connectivity index (χ4v) is 2.06. The maximum Gasteiger partial charge on any atom is 0.271 e. The van der Waals surface area contributed by atoms with E-state index in [0.29, 0.717) is 10.7 Å². The predicted octanol–water partition coefficient (Wildman–Crippen LogP) is 2.36. The number of carbonyl (C=O) groups is 1. The maximum atomic E-state index is 13.1. The first kappa shape index (κ1) is 12.5. The molecule has 0 bridgehead atoms. The van der Waals surface area contributed by atoms with Gasteiger partial charge in [0.2, 0.25) is 0 Å². The average Bonchev–Trinajstić information content (AvgIpc) is 2.76. The van der Waals surface area contributed by atoms with Crippen LogP contribution in [0.25, 0.3) is 0 Å². The largest absolute Gasteiger partial charge is 0.375 e. The van der Waals surface area contributed by atoms with Crippen LogP contribution in [0.15, 0.2) is 29.6 Å². The molecule has 18 heavy (non-hydrogen) atoms. The molecule has 94 valence electrons. The molecular weight excluding hydrogens is 253 g/mol. The standard InChI is InChI=1S/C12H12FN3OS/c1-7(8-3-2-4-9(13)5-8)15-11(17)10-6-18-12(14)16-10/h2-7H,1H3,(H2,14,16)(H,15,17)/t7-/m0/s1. The van der Waals surface area contributed by atoms with E-state index >= 15 is 0 Å². The van der Waals surface area contributed by atoms with Crippen molar-refractivity contribution in [3.8, 4) is 0 Å². The molecule has 6 heteroatoms. The molecule has 0 saturated heterocycles. The molecule has 1 amide bonds. The Balaban J connectivity index is 2.07. The Bertz CT molecular complexity index is 570. The molecule has 1 aromatic heterocycles. The molecule has 1 heterocycles. The summed E-state index contributed by atoms with van der Waals surface area (Å²) in [7, 11) is 0. The number of rotatable bonds is 3. The second kappa shape index (κ2) is 5.14. The van der Waals surface area contributed by atoms with Gasteiger partial charge in [-0.2, -0.15) is 0 Å². The number of anilines is 1. The number of thiazole rings is 1. The minimum Gasteiger partial charge on any atom is -0.375 e. The quantitative estimate of drug-likeness (QED) is 0.895. The van der Waals surface area contributed by atoms with E-state index < -0.39 is 0 Å². The van der Waals surface area contributed by atoms with Crippen molar-refractivity contribution in [3.63, 3.8) is 0 Å². The third kappa shape index (κ3) is 2.84. The zero-order chi connectivity index (χ0) is 13.1. The van der Waals surface area contributed by atoms with Gasteiger partial charge in [-0.25, -0.2) is 9.37 Å². The first-order valence-corrected chi connectivity index (χ1v) is 6.21. The molecule has 2 aromatic rings. The van der Waals surface area contributed by atoms with Crippen LogP contribution >= 0.6 is 11.3 Å². The molecule has 0 radical (unpaired) electrons. The number of aromatic nitrogens is 1. The Kier molecular flexibility index (Phi) is 3.57. The third-order valence-electron chi connectivity index (χ3n) is 2.45. The summed E-state index contributed by atoms with van der Waals surface area (Å²) < 4.78 is 13.1. The highest BCUT2D eigenvalue weighted by Gasteiger charge is 2.14. The van der Waals surface area contributed by atoms with E-state index in [1.807, 2.05) is 0 Å². The molecule has 1 aromatic carbocycles. The smallest absolute Gasteiger partial charge is 0.271 e. The van der Waals surface area contributed by atoms with Gasteiger partial charge in [-0.15, -0.1) is 11.3 Å². The lowest BCUT2D eigenvalue weighted by Gasteiger charge is -2.13. The molecule has 0 aliphatic rings. The second-order valence-electron chi connectivity index (χ2n) is 3.82. The van der Waals surface area contributed by atoms with Crippen LogP contribution in [0.4, 0.5) is 9.52 Å². The van der Waals surface area contributed by atoms with Crippen LogP contribution < -0.4 is 11.1 Å². The molecule has 1 atom stereocenters. The van der Waals surface area contributed by atoms with Crippen LogP contribution in [0, 0.1) is 5.82 Å². The van der Waals surface area contributed by atoms with Crippen LogP contribution in [0.1, 0.15) is 29.0 Å². The minimum absolute atomic E-state index is 0.278. The van der Waals surface area contributed by atoms with E-state index in [1.165, 1.54) is 23.5 Å². The topological polar surface area (TPSA) is 68.0 Å². The van der Waals surface area contributed by atoms with Crippen molar-refractivity contribution in [2.45, 2.75) is 13.0 Å². The van der Waals surface area contributed by atoms with E-state index in [0.717, 1.165) is 0 Å². The minimum atomic E-state index is -0.327. The van der Waals surface area contributed by atoms with Crippen LogP contribution in [0.5, 0.6) is 0 Å². The van der Waals surface area contributed by atoms with Crippen LogP contribution in [0.2, 0.25) is 0 Å². The lowest BCUT2D eigenvalue weighted by molar-refractivity contribution is 0.0935. The Morgan fingerprint density at radius 3 is 2.94 bits per heavy atom. The fourth-order valence-electron chi connectivity index (χ4n) is 1.52. The fraction of sp³-hybridized carbons (Fsp3) is 0.167. The van der Waals surface area contributed by atoms with Gasteiger partial charge >= 0.3 is 0 Å². The molecule has 0 unspecified atom stereocenters. The Hall–Kier alpha value is -1.95. The normalized spacial score (nSPS) is 12.1. The summed E-state index contributed by atoms with van der Waals surface area (Å²) in [6, 6.07) is 5.81. The third-order valence-corrected chi connectivity index (χ3v) is 3.12. The van der Waals surface area contributed by atoms with Crippen molar-refractivity contribution in [1.82, 2.24) is 10.3 Å². The highest BCUT2D eigenvalue weighted by Crippen LogP contribution is 2.15. The lowest BCUT2D eigenvalue weighted by Crippen LogP contribution is -2.27.